The van der Waals surface area contributed by atoms with Gasteiger partial charge in [0.05, 0.1) is 5.69 Å². The number of anilines is 2. The first-order valence-corrected chi connectivity index (χ1v) is 11.4. The van der Waals surface area contributed by atoms with Crippen LogP contribution in [-0.4, -0.2) is 30.4 Å². The molecule has 10 heteroatoms. The summed E-state index contributed by atoms with van der Waals surface area (Å²) in [5.74, 6) is -1.68. The number of nitrogens with one attached hydrogen (secondary N) is 2. The van der Waals surface area contributed by atoms with E-state index in [0.717, 1.165) is 10.5 Å². The van der Waals surface area contributed by atoms with Crippen LogP contribution < -0.4 is 20.3 Å². The number of benzene rings is 3. The van der Waals surface area contributed by atoms with Crippen LogP contribution in [0.4, 0.5) is 16.2 Å². The van der Waals surface area contributed by atoms with Crippen molar-refractivity contribution in [2.75, 3.05) is 16.8 Å². The number of hydrogen-bond donors (Lipinski definition) is 2. The standard InChI is InChI=1S/C26H19Cl2N3O5/c1-15-8-9-18(13-22(15)28)29-23(32)14-36-20-7-2-4-16(10-20)11-21-24(33)30-26(35)31(25(21)34)19-6-3-5-17(27)12-19/h2-13H,14H2,1H3,(H,29,32)(H,30,33,35)/b21-11+. The lowest BCUT2D eigenvalue weighted by atomic mass is 10.1. The minimum atomic E-state index is -0.873. The number of halogens is 2. The third-order valence-corrected chi connectivity index (χ3v) is 5.80. The number of carbonyl (C=O) groups excluding carboxylic acids is 4. The summed E-state index contributed by atoms with van der Waals surface area (Å²) in [7, 11) is 0. The fourth-order valence-electron chi connectivity index (χ4n) is 3.38. The monoisotopic (exact) mass is 523 g/mol. The quantitative estimate of drug-likeness (QED) is 0.350. The third-order valence-electron chi connectivity index (χ3n) is 5.16. The Kier molecular flexibility index (Phi) is 7.38. The molecule has 1 aliphatic heterocycles. The van der Waals surface area contributed by atoms with Crippen molar-refractivity contribution in [2.45, 2.75) is 6.92 Å². The van der Waals surface area contributed by atoms with E-state index in [-0.39, 0.29) is 17.9 Å². The molecule has 0 radical (unpaired) electrons. The van der Waals surface area contributed by atoms with Gasteiger partial charge in [-0.1, -0.05) is 47.5 Å². The second kappa shape index (κ2) is 10.6. The van der Waals surface area contributed by atoms with Crippen molar-refractivity contribution in [3.05, 3.63) is 93.5 Å². The molecule has 2 N–H and O–H groups in total. The molecule has 8 nitrogen and oxygen atoms in total. The maximum atomic E-state index is 13.0. The molecule has 1 heterocycles. The SMILES string of the molecule is Cc1ccc(NC(=O)COc2cccc(/C=C3\C(=O)NC(=O)N(c4cccc(Cl)c4)C3=O)c2)cc1Cl. The molecule has 3 aromatic rings. The number of urea groups is 1. The maximum Gasteiger partial charge on any atom is 0.335 e. The van der Waals surface area contributed by atoms with Gasteiger partial charge in [0.2, 0.25) is 0 Å². The Hall–Kier alpha value is -4.14. The fraction of sp³-hybridized carbons (Fsp3) is 0.0769. The first-order chi connectivity index (χ1) is 17.2. The van der Waals surface area contributed by atoms with Gasteiger partial charge in [0.1, 0.15) is 11.3 Å². The number of barbiturate groups is 1. The molecule has 0 saturated carbocycles. The molecule has 1 aliphatic rings. The smallest absolute Gasteiger partial charge is 0.335 e. The van der Waals surface area contributed by atoms with Crippen LogP contribution in [0.15, 0.2) is 72.3 Å². The molecule has 0 aromatic heterocycles. The first kappa shape index (κ1) is 25.0. The van der Waals surface area contributed by atoms with Crippen LogP contribution in [0.2, 0.25) is 10.0 Å². The second-order valence-corrected chi connectivity index (χ2v) is 8.65. The Labute approximate surface area is 216 Å². The van der Waals surface area contributed by atoms with Gasteiger partial charge >= 0.3 is 6.03 Å². The largest absolute Gasteiger partial charge is 0.484 e. The average molecular weight is 524 g/mol. The van der Waals surface area contributed by atoms with Crippen LogP contribution in [0, 0.1) is 6.92 Å². The molecule has 36 heavy (non-hydrogen) atoms. The van der Waals surface area contributed by atoms with Crippen molar-refractivity contribution in [1.29, 1.82) is 0 Å². The highest BCUT2D eigenvalue weighted by Gasteiger charge is 2.36. The zero-order chi connectivity index (χ0) is 25.8. The Morgan fingerprint density at radius 2 is 1.81 bits per heavy atom. The molecule has 1 fully saturated rings. The van der Waals surface area contributed by atoms with Crippen molar-refractivity contribution in [3.8, 4) is 5.75 Å². The van der Waals surface area contributed by atoms with Crippen molar-refractivity contribution < 1.29 is 23.9 Å². The van der Waals surface area contributed by atoms with Crippen molar-refractivity contribution >= 4 is 64.4 Å². The van der Waals surface area contributed by atoms with Crippen LogP contribution in [0.5, 0.6) is 5.75 Å². The van der Waals surface area contributed by atoms with Crippen LogP contribution in [0.1, 0.15) is 11.1 Å². The number of hydrogen-bond acceptors (Lipinski definition) is 5. The number of imide groups is 2. The average Bonchev–Trinajstić information content (AvgIpc) is 2.83. The van der Waals surface area contributed by atoms with E-state index in [0.29, 0.717) is 27.0 Å². The van der Waals surface area contributed by atoms with Gasteiger partial charge in [-0.3, -0.25) is 19.7 Å². The van der Waals surface area contributed by atoms with E-state index >= 15 is 0 Å². The molecule has 0 bridgehead atoms. The molecule has 0 unspecified atom stereocenters. The summed E-state index contributed by atoms with van der Waals surface area (Å²) >= 11 is 12.1. The van der Waals surface area contributed by atoms with E-state index in [9.17, 15) is 19.2 Å². The van der Waals surface area contributed by atoms with Gasteiger partial charge in [-0.05, 0) is 66.6 Å². The molecule has 0 atom stereocenters. The van der Waals surface area contributed by atoms with Gasteiger partial charge < -0.3 is 10.1 Å². The van der Waals surface area contributed by atoms with Crippen LogP contribution in [0.25, 0.3) is 6.08 Å². The predicted octanol–water partition coefficient (Wildman–Crippen LogP) is 4.99. The predicted molar refractivity (Wildman–Crippen MR) is 137 cm³/mol. The lowest BCUT2D eigenvalue weighted by Gasteiger charge is -2.26. The van der Waals surface area contributed by atoms with Crippen LogP contribution in [-0.2, 0) is 14.4 Å². The summed E-state index contributed by atoms with van der Waals surface area (Å²) < 4.78 is 5.56. The minimum Gasteiger partial charge on any atom is -0.484 e. The molecule has 1 saturated heterocycles. The second-order valence-electron chi connectivity index (χ2n) is 7.81. The minimum absolute atomic E-state index is 0.223. The topological polar surface area (TPSA) is 105 Å². The molecular weight excluding hydrogens is 505 g/mol. The van der Waals surface area contributed by atoms with Gasteiger partial charge in [0.25, 0.3) is 17.7 Å². The molecule has 3 aromatic carbocycles. The van der Waals surface area contributed by atoms with E-state index in [4.69, 9.17) is 27.9 Å². The van der Waals surface area contributed by atoms with Crippen molar-refractivity contribution in [1.82, 2.24) is 5.32 Å². The maximum absolute atomic E-state index is 13.0. The van der Waals surface area contributed by atoms with Crippen LogP contribution in [0.3, 0.4) is 0 Å². The van der Waals surface area contributed by atoms with Gasteiger partial charge in [-0.25, -0.2) is 9.69 Å². The highest BCUT2D eigenvalue weighted by atomic mass is 35.5. The lowest BCUT2D eigenvalue weighted by Crippen LogP contribution is -2.54. The van der Waals surface area contributed by atoms with Crippen LogP contribution >= 0.6 is 23.2 Å². The van der Waals surface area contributed by atoms with E-state index in [1.54, 1.807) is 54.6 Å². The van der Waals surface area contributed by atoms with E-state index in [2.05, 4.69) is 10.6 Å². The van der Waals surface area contributed by atoms with Gasteiger partial charge in [-0.15, -0.1) is 0 Å². The van der Waals surface area contributed by atoms with Crippen molar-refractivity contribution in [3.63, 3.8) is 0 Å². The number of carbonyl (C=O) groups is 4. The summed E-state index contributed by atoms with van der Waals surface area (Å²) in [4.78, 5) is 50.9. The Morgan fingerprint density at radius 1 is 1.03 bits per heavy atom. The number of ether oxygens (including phenoxy) is 1. The fourth-order valence-corrected chi connectivity index (χ4v) is 3.75. The van der Waals surface area contributed by atoms with E-state index in [1.807, 2.05) is 6.92 Å². The highest BCUT2D eigenvalue weighted by Crippen LogP contribution is 2.25. The molecule has 0 aliphatic carbocycles. The Balaban J connectivity index is 1.48. The molecular formula is C26H19Cl2N3O5. The molecule has 0 spiro atoms. The molecule has 5 amide bonds. The number of amides is 5. The van der Waals surface area contributed by atoms with E-state index in [1.165, 1.54) is 18.2 Å². The molecule has 182 valence electrons. The first-order valence-electron chi connectivity index (χ1n) is 10.7. The third kappa shape index (κ3) is 5.73. The summed E-state index contributed by atoms with van der Waals surface area (Å²) in [6.07, 6.45) is 1.34. The van der Waals surface area contributed by atoms with Gasteiger partial charge in [-0.2, -0.15) is 0 Å². The summed E-state index contributed by atoms with van der Waals surface area (Å²) in [5.41, 5.74) is 1.86. The Morgan fingerprint density at radius 3 is 2.56 bits per heavy atom. The van der Waals surface area contributed by atoms with Gasteiger partial charge in [0, 0.05) is 15.7 Å². The molecule has 4 rings (SSSR count). The lowest BCUT2D eigenvalue weighted by molar-refractivity contribution is -0.122. The highest BCUT2D eigenvalue weighted by molar-refractivity contribution is 6.39. The Bertz CT molecular complexity index is 1420. The normalized spacial score (nSPS) is 14.6. The zero-order valence-electron chi connectivity index (χ0n) is 18.9. The summed E-state index contributed by atoms with van der Waals surface area (Å²) in [6, 6.07) is 16.9. The summed E-state index contributed by atoms with van der Waals surface area (Å²) in [5, 5.41) is 5.71. The van der Waals surface area contributed by atoms with E-state index < -0.39 is 23.8 Å². The number of nitrogens with zero attached hydrogens (tertiary/aromatic N) is 1. The van der Waals surface area contributed by atoms with Gasteiger partial charge in [0.15, 0.2) is 6.61 Å². The summed E-state index contributed by atoms with van der Waals surface area (Å²) in [6.45, 7) is 1.58. The zero-order valence-corrected chi connectivity index (χ0v) is 20.4. The van der Waals surface area contributed by atoms with Crippen molar-refractivity contribution in [2.24, 2.45) is 0 Å². The number of aryl methyl sites for hydroxylation is 1. The number of rotatable bonds is 6.